The molecule has 0 bridgehead atoms. The summed E-state index contributed by atoms with van der Waals surface area (Å²) in [7, 11) is 0. The van der Waals surface area contributed by atoms with Crippen LogP contribution < -0.4 is 10.1 Å². The number of aliphatic hydroxyl groups is 1. The number of nitrogens with zero attached hydrogens (tertiary/aromatic N) is 1. The topological polar surface area (TPSA) is 91.6 Å². The number of nitriles is 1. The van der Waals surface area contributed by atoms with Crippen LogP contribution in [0.3, 0.4) is 0 Å². The predicted molar refractivity (Wildman–Crippen MR) is 74.7 cm³/mol. The lowest BCUT2D eigenvalue weighted by molar-refractivity contribution is -0.125. The van der Waals surface area contributed by atoms with Crippen LogP contribution in [0.1, 0.15) is 18.4 Å². The van der Waals surface area contributed by atoms with Gasteiger partial charge in [-0.05, 0) is 12.1 Å². The molecule has 1 aliphatic heterocycles. The third-order valence-corrected chi connectivity index (χ3v) is 3.40. The number of ether oxygens (including phenoxy) is 2. The maximum atomic E-state index is 11.7. The maximum Gasteiger partial charge on any atom is 0.258 e. The molecule has 0 atom stereocenters. The van der Waals surface area contributed by atoms with Gasteiger partial charge in [0.1, 0.15) is 11.8 Å². The van der Waals surface area contributed by atoms with Crippen molar-refractivity contribution in [2.24, 2.45) is 0 Å². The van der Waals surface area contributed by atoms with Crippen LogP contribution in [0.15, 0.2) is 24.3 Å². The van der Waals surface area contributed by atoms with Crippen molar-refractivity contribution in [2.75, 3.05) is 26.4 Å². The molecule has 0 saturated carbocycles. The number of hydrogen-bond donors (Lipinski definition) is 2. The van der Waals surface area contributed by atoms with Gasteiger partial charge in [0.2, 0.25) is 0 Å². The molecule has 112 valence electrons. The lowest BCUT2D eigenvalue weighted by atomic mass is 9.94. The Balaban J connectivity index is 1.78. The van der Waals surface area contributed by atoms with Gasteiger partial charge in [-0.2, -0.15) is 5.26 Å². The molecule has 1 aromatic rings. The van der Waals surface area contributed by atoms with Gasteiger partial charge in [-0.15, -0.1) is 0 Å². The van der Waals surface area contributed by atoms with Gasteiger partial charge in [-0.3, -0.25) is 4.79 Å². The van der Waals surface area contributed by atoms with Gasteiger partial charge in [-0.1, -0.05) is 12.1 Å². The molecule has 0 aliphatic carbocycles. The van der Waals surface area contributed by atoms with Crippen LogP contribution >= 0.6 is 0 Å². The number of hydrogen-bond acceptors (Lipinski definition) is 5. The van der Waals surface area contributed by atoms with Crippen molar-refractivity contribution in [2.45, 2.75) is 18.4 Å². The first kappa shape index (κ1) is 15.3. The third-order valence-electron chi connectivity index (χ3n) is 3.40. The standard InChI is InChI=1S/C15H18N2O4/c16-9-12-3-1-2-4-13(12)21-10-14(18)17-11-15(19)5-7-20-8-6-15/h1-4,19H,5-8,10-11H2,(H,17,18). The summed E-state index contributed by atoms with van der Waals surface area (Å²) in [5, 5.41) is 21.8. The molecule has 1 amide bonds. The highest BCUT2D eigenvalue weighted by molar-refractivity contribution is 5.77. The van der Waals surface area contributed by atoms with E-state index in [1.165, 1.54) is 0 Å². The minimum Gasteiger partial charge on any atom is -0.482 e. The van der Waals surface area contributed by atoms with E-state index in [1.807, 2.05) is 6.07 Å². The summed E-state index contributed by atoms with van der Waals surface area (Å²) >= 11 is 0. The number of amides is 1. The number of carbonyl (C=O) groups is 1. The molecule has 2 rings (SSSR count). The highest BCUT2D eigenvalue weighted by Crippen LogP contribution is 2.19. The molecule has 1 saturated heterocycles. The van der Waals surface area contributed by atoms with Crippen LogP contribution in [-0.4, -0.2) is 43.0 Å². The average molecular weight is 290 g/mol. The highest BCUT2D eigenvalue weighted by atomic mass is 16.5. The van der Waals surface area contributed by atoms with Crippen molar-refractivity contribution < 1.29 is 19.4 Å². The van der Waals surface area contributed by atoms with E-state index in [0.29, 0.717) is 37.4 Å². The highest BCUT2D eigenvalue weighted by Gasteiger charge is 2.30. The average Bonchev–Trinajstić information content (AvgIpc) is 2.52. The minimum atomic E-state index is -0.904. The number of para-hydroxylation sites is 1. The molecule has 1 aliphatic rings. The van der Waals surface area contributed by atoms with E-state index in [1.54, 1.807) is 24.3 Å². The Morgan fingerprint density at radius 2 is 2.14 bits per heavy atom. The van der Waals surface area contributed by atoms with E-state index in [-0.39, 0.29) is 19.1 Å². The van der Waals surface area contributed by atoms with Gasteiger partial charge < -0.3 is 19.9 Å². The molecule has 1 aromatic carbocycles. The number of nitrogens with one attached hydrogen (secondary N) is 1. The number of rotatable bonds is 5. The molecule has 6 nitrogen and oxygen atoms in total. The lowest BCUT2D eigenvalue weighted by Crippen LogP contribution is -2.47. The van der Waals surface area contributed by atoms with Crippen molar-refractivity contribution in [3.05, 3.63) is 29.8 Å². The molecule has 0 unspecified atom stereocenters. The molecule has 6 heteroatoms. The predicted octanol–water partition coefficient (Wildman–Crippen LogP) is 0.595. The molecule has 0 radical (unpaired) electrons. The quantitative estimate of drug-likeness (QED) is 0.828. The van der Waals surface area contributed by atoms with Crippen LogP contribution in [0, 0.1) is 11.3 Å². The van der Waals surface area contributed by atoms with E-state index in [2.05, 4.69) is 5.32 Å². The van der Waals surface area contributed by atoms with Gasteiger partial charge in [0.05, 0.1) is 11.2 Å². The van der Waals surface area contributed by atoms with E-state index < -0.39 is 5.60 Å². The minimum absolute atomic E-state index is 0.179. The largest absolute Gasteiger partial charge is 0.482 e. The Kier molecular flexibility index (Phi) is 5.14. The lowest BCUT2D eigenvalue weighted by Gasteiger charge is -2.32. The Morgan fingerprint density at radius 3 is 2.86 bits per heavy atom. The SMILES string of the molecule is N#Cc1ccccc1OCC(=O)NCC1(O)CCOCC1. The Hall–Kier alpha value is -2.10. The Bertz CT molecular complexity index is 533. The number of benzene rings is 1. The fourth-order valence-electron chi connectivity index (χ4n) is 2.07. The maximum absolute atomic E-state index is 11.7. The fraction of sp³-hybridized carbons (Fsp3) is 0.467. The zero-order valence-corrected chi connectivity index (χ0v) is 11.7. The van der Waals surface area contributed by atoms with Crippen molar-refractivity contribution >= 4 is 5.91 Å². The van der Waals surface area contributed by atoms with Crippen molar-refractivity contribution in [3.63, 3.8) is 0 Å². The summed E-state index contributed by atoms with van der Waals surface area (Å²) < 4.78 is 10.5. The van der Waals surface area contributed by atoms with Gasteiger partial charge in [-0.25, -0.2) is 0 Å². The first-order valence-electron chi connectivity index (χ1n) is 6.82. The van der Waals surface area contributed by atoms with Crippen molar-refractivity contribution in [1.29, 1.82) is 5.26 Å². The molecule has 0 spiro atoms. The second-order valence-corrected chi connectivity index (χ2v) is 5.01. The Labute approximate surface area is 123 Å². The summed E-state index contributed by atoms with van der Waals surface area (Å²) in [4.78, 5) is 11.7. The molecule has 0 aromatic heterocycles. The molecule has 1 fully saturated rings. The summed E-state index contributed by atoms with van der Waals surface area (Å²) in [6.45, 7) is 0.987. The van der Waals surface area contributed by atoms with Gasteiger partial charge in [0.25, 0.3) is 5.91 Å². The van der Waals surface area contributed by atoms with E-state index in [4.69, 9.17) is 14.7 Å². The van der Waals surface area contributed by atoms with Crippen molar-refractivity contribution in [1.82, 2.24) is 5.32 Å². The van der Waals surface area contributed by atoms with Gasteiger partial charge in [0, 0.05) is 32.6 Å². The van der Waals surface area contributed by atoms with Gasteiger partial charge in [0.15, 0.2) is 6.61 Å². The smallest absolute Gasteiger partial charge is 0.258 e. The summed E-state index contributed by atoms with van der Waals surface area (Å²) in [6.07, 6.45) is 1.01. The van der Waals surface area contributed by atoms with Crippen LogP contribution in [0.2, 0.25) is 0 Å². The fourth-order valence-corrected chi connectivity index (χ4v) is 2.07. The zero-order chi connectivity index (χ0) is 15.1. The molecule has 1 heterocycles. The van der Waals surface area contributed by atoms with E-state index in [0.717, 1.165) is 0 Å². The molecular weight excluding hydrogens is 272 g/mol. The first-order valence-corrected chi connectivity index (χ1v) is 6.82. The monoisotopic (exact) mass is 290 g/mol. The van der Waals surface area contributed by atoms with Crippen LogP contribution in [0.5, 0.6) is 5.75 Å². The van der Waals surface area contributed by atoms with Crippen LogP contribution in [0.25, 0.3) is 0 Å². The molecule has 21 heavy (non-hydrogen) atoms. The van der Waals surface area contributed by atoms with Crippen molar-refractivity contribution in [3.8, 4) is 11.8 Å². The van der Waals surface area contributed by atoms with Crippen LogP contribution in [0.4, 0.5) is 0 Å². The summed E-state index contributed by atoms with van der Waals surface area (Å²) in [6, 6.07) is 8.72. The Morgan fingerprint density at radius 1 is 1.43 bits per heavy atom. The molecular formula is C15H18N2O4. The second-order valence-electron chi connectivity index (χ2n) is 5.01. The zero-order valence-electron chi connectivity index (χ0n) is 11.7. The third kappa shape index (κ3) is 4.45. The normalized spacial score (nSPS) is 16.8. The van der Waals surface area contributed by atoms with Crippen LogP contribution in [-0.2, 0) is 9.53 Å². The number of carbonyl (C=O) groups excluding carboxylic acids is 1. The summed E-state index contributed by atoms with van der Waals surface area (Å²) in [5.41, 5.74) is -0.522. The van der Waals surface area contributed by atoms with Gasteiger partial charge >= 0.3 is 0 Å². The molecule has 2 N–H and O–H groups in total. The second kappa shape index (κ2) is 7.07. The first-order chi connectivity index (χ1) is 10.1. The van der Waals surface area contributed by atoms with E-state index in [9.17, 15) is 9.90 Å². The summed E-state index contributed by atoms with van der Waals surface area (Å²) in [5.74, 6) is 0.0441. The van der Waals surface area contributed by atoms with E-state index >= 15 is 0 Å².